The average molecular weight is 331 g/mol. The van der Waals surface area contributed by atoms with Crippen LogP contribution in [0.4, 0.5) is 8.78 Å². The molecule has 120 valence electrons. The monoisotopic (exact) mass is 331 g/mol. The fourth-order valence-electron chi connectivity index (χ4n) is 2.19. The van der Waals surface area contributed by atoms with Crippen LogP contribution in [0, 0.1) is 0 Å². The lowest BCUT2D eigenvalue weighted by Gasteiger charge is -2.33. The molecule has 2 N–H and O–H groups in total. The number of hydrogen-bond acceptors (Lipinski definition) is 4. The Hall–Kier alpha value is -1.83. The van der Waals surface area contributed by atoms with Crippen LogP contribution < -0.4 is 10.1 Å². The molecule has 1 saturated heterocycles. The molecule has 0 unspecified atom stereocenters. The molecular weight excluding hydrogens is 316 g/mol. The Balaban J connectivity index is 2.08. The zero-order chi connectivity index (χ0) is 16.2. The molecule has 0 atom stereocenters. The zero-order valence-electron chi connectivity index (χ0n) is 11.6. The lowest BCUT2D eigenvalue weighted by Crippen LogP contribution is -2.56. The van der Waals surface area contributed by atoms with E-state index in [0.29, 0.717) is 24.3 Å². The maximum atomic E-state index is 12.2. The van der Waals surface area contributed by atoms with Crippen molar-refractivity contribution in [3.05, 3.63) is 29.8 Å². The van der Waals surface area contributed by atoms with Crippen LogP contribution in [0.2, 0.25) is 0 Å². The first-order valence-electron chi connectivity index (χ1n) is 6.61. The molecule has 8 heteroatoms. The van der Waals surface area contributed by atoms with Gasteiger partial charge in [-0.05, 0) is 48.6 Å². The van der Waals surface area contributed by atoms with E-state index in [9.17, 15) is 23.5 Å². The Kier molecular flexibility index (Phi) is 5.23. The first-order chi connectivity index (χ1) is 10.4. The SMILES string of the molecule is O=C(NC1(C(=O)O)CCSCC1)c1ccc(OC(F)F)cc1. The molecule has 1 aromatic rings. The highest BCUT2D eigenvalue weighted by Gasteiger charge is 2.41. The Morgan fingerprint density at radius 1 is 1.23 bits per heavy atom. The van der Waals surface area contributed by atoms with Crippen LogP contribution in [0.15, 0.2) is 24.3 Å². The van der Waals surface area contributed by atoms with E-state index < -0.39 is 24.0 Å². The molecule has 1 aromatic carbocycles. The van der Waals surface area contributed by atoms with Gasteiger partial charge in [-0.1, -0.05) is 0 Å². The van der Waals surface area contributed by atoms with Crippen LogP contribution in [-0.2, 0) is 4.79 Å². The highest BCUT2D eigenvalue weighted by molar-refractivity contribution is 7.99. The topological polar surface area (TPSA) is 75.6 Å². The Bertz CT molecular complexity index is 544. The lowest BCUT2D eigenvalue weighted by molar-refractivity contribution is -0.144. The first-order valence-corrected chi connectivity index (χ1v) is 7.77. The summed E-state index contributed by atoms with van der Waals surface area (Å²) in [6.07, 6.45) is 0.705. The summed E-state index contributed by atoms with van der Waals surface area (Å²) in [4.78, 5) is 23.7. The second-order valence-corrected chi connectivity index (χ2v) is 6.08. The lowest BCUT2D eigenvalue weighted by atomic mass is 9.92. The molecular formula is C14H15F2NO4S. The van der Waals surface area contributed by atoms with Crippen molar-refractivity contribution >= 4 is 23.6 Å². The summed E-state index contributed by atoms with van der Waals surface area (Å²) >= 11 is 1.64. The maximum Gasteiger partial charge on any atom is 0.387 e. The maximum absolute atomic E-state index is 12.2. The van der Waals surface area contributed by atoms with Crippen molar-refractivity contribution in [2.24, 2.45) is 0 Å². The summed E-state index contributed by atoms with van der Waals surface area (Å²) in [5.74, 6) is -0.341. The Morgan fingerprint density at radius 3 is 2.32 bits per heavy atom. The van der Waals surface area contributed by atoms with Gasteiger partial charge in [0, 0.05) is 5.56 Å². The largest absolute Gasteiger partial charge is 0.480 e. The van der Waals surface area contributed by atoms with Crippen molar-refractivity contribution in [3.8, 4) is 5.75 Å². The molecule has 1 fully saturated rings. The van der Waals surface area contributed by atoms with E-state index in [1.54, 1.807) is 11.8 Å². The van der Waals surface area contributed by atoms with Gasteiger partial charge in [-0.25, -0.2) is 4.79 Å². The molecule has 1 amide bonds. The minimum Gasteiger partial charge on any atom is -0.480 e. The molecule has 0 aliphatic carbocycles. The predicted octanol–water partition coefficient (Wildman–Crippen LogP) is 2.37. The molecule has 5 nitrogen and oxygen atoms in total. The molecule has 1 aliphatic heterocycles. The van der Waals surface area contributed by atoms with Gasteiger partial charge >= 0.3 is 12.6 Å². The summed E-state index contributed by atoms with van der Waals surface area (Å²) in [6, 6.07) is 5.12. The smallest absolute Gasteiger partial charge is 0.387 e. The van der Waals surface area contributed by atoms with Gasteiger partial charge < -0.3 is 15.2 Å². The predicted molar refractivity (Wildman–Crippen MR) is 77.5 cm³/mol. The van der Waals surface area contributed by atoms with E-state index in [1.807, 2.05) is 0 Å². The van der Waals surface area contributed by atoms with E-state index in [0.717, 1.165) is 0 Å². The summed E-state index contributed by atoms with van der Waals surface area (Å²) in [5, 5.41) is 12.0. The quantitative estimate of drug-likeness (QED) is 0.866. The van der Waals surface area contributed by atoms with Gasteiger partial charge in [0.2, 0.25) is 0 Å². The number of carbonyl (C=O) groups excluding carboxylic acids is 1. The van der Waals surface area contributed by atoms with Gasteiger partial charge in [-0.2, -0.15) is 20.5 Å². The number of carboxylic acid groups (broad SMARTS) is 1. The molecule has 0 saturated carbocycles. The number of alkyl halides is 2. The van der Waals surface area contributed by atoms with Crippen LogP contribution >= 0.6 is 11.8 Å². The number of amides is 1. The van der Waals surface area contributed by atoms with E-state index >= 15 is 0 Å². The van der Waals surface area contributed by atoms with Crippen LogP contribution in [0.3, 0.4) is 0 Å². The molecule has 1 heterocycles. The number of thioether (sulfide) groups is 1. The summed E-state index contributed by atoms with van der Waals surface area (Å²) < 4.78 is 28.3. The Labute approximate surface area is 130 Å². The van der Waals surface area contributed by atoms with Crippen molar-refractivity contribution in [2.75, 3.05) is 11.5 Å². The second kappa shape index (κ2) is 6.95. The van der Waals surface area contributed by atoms with Gasteiger partial charge in [0.15, 0.2) is 0 Å². The van der Waals surface area contributed by atoms with E-state index in [1.165, 1.54) is 24.3 Å². The normalized spacial score (nSPS) is 17.0. The van der Waals surface area contributed by atoms with Crippen molar-refractivity contribution in [3.63, 3.8) is 0 Å². The number of carbonyl (C=O) groups is 2. The molecule has 0 aromatic heterocycles. The molecule has 0 radical (unpaired) electrons. The van der Waals surface area contributed by atoms with Gasteiger partial charge in [0.1, 0.15) is 11.3 Å². The number of nitrogens with one attached hydrogen (secondary N) is 1. The highest BCUT2D eigenvalue weighted by Crippen LogP contribution is 2.28. The van der Waals surface area contributed by atoms with Gasteiger partial charge in [0.25, 0.3) is 5.91 Å². The number of carboxylic acids is 1. The van der Waals surface area contributed by atoms with Crippen molar-refractivity contribution < 1.29 is 28.2 Å². The van der Waals surface area contributed by atoms with Crippen molar-refractivity contribution in [1.29, 1.82) is 0 Å². The third-order valence-electron chi connectivity index (χ3n) is 3.45. The minimum atomic E-state index is -2.94. The molecule has 22 heavy (non-hydrogen) atoms. The fraction of sp³-hybridized carbons (Fsp3) is 0.429. The van der Waals surface area contributed by atoms with Crippen LogP contribution in [-0.4, -0.2) is 40.6 Å². The number of halogens is 2. The van der Waals surface area contributed by atoms with E-state index in [2.05, 4.69) is 10.1 Å². The Morgan fingerprint density at radius 2 is 1.82 bits per heavy atom. The summed E-state index contributed by atoms with van der Waals surface area (Å²) in [6.45, 7) is -2.94. The number of aliphatic carboxylic acids is 1. The number of benzene rings is 1. The first kappa shape index (κ1) is 16.5. The number of hydrogen-bond donors (Lipinski definition) is 2. The fourth-order valence-corrected chi connectivity index (χ4v) is 3.38. The van der Waals surface area contributed by atoms with E-state index in [4.69, 9.17) is 0 Å². The third-order valence-corrected chi connectivity index (χ3v) is 4.44. The van der Waals surface area contributed by atoms with Crippen molar-refractivity contribution in [1.82, 2.24) is 5.32 Å². The standard InChI is InChI=1S/C14H15F2NO4S/c15-13(16)21-10-3-1-9(2-4-10)11(18)17-14(12(19)20)5-7-22-8-6-14/h1-4,13H,5-8H2,(H,17,18)(H,19,20). The molecule has 0 spiro atoms. The third kappa shape index (κ3) is 3.88. The van der Waals surface area contributed by atoms with Gasteiger partial charge in [-0.15, -0.1) is 0 Å². The summed E-state index contributed by atoms with van der Waals surface area (Å²) in [5.41, 5.74) is -1.07. The van der Waals surface area contributed by atoms with Crippen LogP contribution in [0.25, 0.3) is 0 Å². The summed E-state index contributed by atoms with van der Waals surface area (Å²) in [7, 11) is 0. The molecule has 0 bridgehead atoms. The molecule has 2 rings (SSSR count). The number of rotatable bonds is 5. The van der Waals surface area contributed by atoms with Gasteiger partial charge in [-0.3, -0.25) is 4.79 Å². The van der Waals surface area contributed by atoms with Gasteiger partial charge in [0.05, 0.1) is 0 Å². The van der Waals surface area contributed by atoms with Crippen LogP contribution in [0.1, 0.15) is 23.2 Å². The zero-order valence-corrected chi connectivity index (χ0v) is 12.4. The second-order valence-electron chi connectivity index (χ2n) is 4.86. The average Bonchev–Trinajstić information content (AvgIpc) is 2.48. The van der Waals surface area contributed by atoms with Crippen molar-refractivity contribution in [2.45, 2.75) is 25.0 Å². The molecule has 1 aliphatic rings. The minimum absolute atomic E-state index is 0.0615. The number of ether oxygens (including phenoxy) is 1. The van der Waals surface area contributed by atoms with E-state index in [-0.39, 0.29) is 11.3 Å². The highest BCUT2D eigenvalue weighted by atomic mass is 32.2. The van der Waals surface area contributed by atoms with Crippen LogP contribution in [0.5, 0.6) is 5.75 Å².